The summed E-state index contributed by atoms with van der Waals surface area (Å²) in [4.78, 5) is 20.9. The van der Waals surface area contributed by atoms with Gasteiger partial charge in [-0.05, 0) is 48.5 Å². The van der Waals surface area contributed by atoms with E-state index in [0.717, 1.165) is 48.5 Å². The van der Waals surface area contributed by atoms with Crippen molar-refractivity contribution < 1.29 is 45.0 Å². The summed E-state index contributed by atoms with van der Waals surface area (Å²) in [7, 11) is -8.47. The molecule has 0 aliphatic rings. The summed E-state index contributed by atoms with van der Waals surface area (Å²) in [5.41, 5.74) is -0.218. The molecule has 0 saturated heterocycles. The van der Waals surface area contributed by atoms with E-state index >= 15 is 0 Å². The highest BCUT2D eigenvalue weighted by Crippen LogP contribution is 2.16. The predicted octanol–water partition coefficient (Wildman–Crippen LogP) is 1.19. The van der Waals surface area contributed by atoms with Crippen molar-refractivity contribution in [3.63, 3.8) is 0 Å². The summed E-state index contributed by atoms with van der Waals surface area (Å²) in [6.45, 7) is -1.23. The molecule has 0 atom stereocenters. The van der Waals surface area contributed by atoms with Crippen LogP contribution in [0.5, 0.6) is 0 Å². The molecule has 0 radical (unpaired) electrons. The van der Waals surface area contributed by atoms with Gasteiger partial charge in [0.05, 0.1) is 34.1 Å². The van der Waals surface area contributed by atoms with Crippen molar-refractivity contribution in [2.75, 3.05) is 13.2 Å². The van der Waals surface area contributed by atoms with Gasteiger partial charge in [-0.15, -0.1) is 0 Å². The van der Waals surface area contributed by atoms with Gasteiger partial charge in [0.25, 0.3) is 20.2 Å². The fourth-order valence-electron chi connectivity index (χ4n) is 1.95. The Bertz CT molecular complexity index is 980. The number of hydrogen-bond donors (Lipinski definition) is 2. The number of rotatable bonds is 9. The van der Waals surface area contributed by atoms with Gasteiger partial charge in [-0.1, -0.05) is 0 Å². The number of carbonyl (C=O) groups is 2. The number of hydrogen-bond acceptors (Lipinski definition) is 8. The molecule has 10 nitrogen and oxygen atoms in total. The van der Waals surface area contributed by atoms with Crippen LogP contribution in [-0.4, -0.2) is 52.2 Å². The smallest absolute Gasteiger partial charge is 0.335 e. The Kier molecular flexibility index (Phi) is 6.51. The third kappa shape index (κ3) is 5.36. The SMILES string of the molecule is O=C(O)c1ccc(S(=O)(=O)OCCOS(=O)(=O)c2ccc(C(=O)O)cc2)cc1. The van der Waals surface area contributed by atoms with Crippen LogP contribution in [0.3, 0.4) is 0 Å². The molecule has 12 heteroatoms. The van der Waals surface area contributed by atoms with Crippen LogP contribution in [0.1, 0.15) is 20.7 Å². The molecule has 2 aromatic carbocycles. The van der Waals surface area contributed by atoms with E-state index in [0.29, 0.717) is 0 Å². The average molecular weight is 430 g/mol. The fraction of sp³-hybridized carbons (Fsp3) is 0.125. The van der Waals surface area contributed by atoms with Crippen molar-refractivity contribution >= 4 is 32.2 Å². The van der Waals surface area contributed by atoms with E-state index in [1.165, 1.54) is 0 Å². The quantitative estimate of drug-likeness (QED) is 0.436. The van der Waals surface area contributed by atoms with Gasteiger partial charge < -0.3 is 10.2 Å². The van der Waals surface area contributed by atoms with E-state index in [-0.39, 0.29) is 20.9 Å². The highest BCUT2D eigenvalue weighted by molar-refractivity contribution is 7.87. The molecule has 0 aliphatic carbocycles. The maximum absolute atomic E-state index is 12.0. The third-order valence-electron chi connectivity index (χ3n) is 3.34. The highest BCUT2D eigenvalue weighted by Gasteiger charge is 2.19. The number of aromatic carboxylic acids is 2. The topological polar surface area (TPSA) is 161 Å². The maximum Gasteiger partial charge on any atom is 0.335 e. The molecule has 2 aromatic rings. The Balaban J connectivity index is 1.95. The van der Waals surface area contributed by atoms with E-state index in [9.17, 15) is 26.4 Å². The Morgan fingerprint density at radius 2 is 0.929 bits per heavy atom. The Hall–Kier alpha value is -2.80. The summed E-state index contributed by atoms with van der Waals surface area (Å²) in [6, 6.07) is 8.50. The lowest BCUT2D eigenvalue weighted by Crippen LogP contribution is -2.15. The van der Waals surface area contributed by atoms with Crippen molar-refractivity contribution in [1.82, 2.24) is 0 Å². The van der Waals surface area contributed by atoms with Gasteiger partial charge in [0.1, 0.15) is 0 Å². The second-order valence-electron chi connectivity index (χ2n) is 5.21. The summed E-state index contributed by atoms with van der Waals surface area (Å²) in [5, 5.41) is 17.6. The fourth-order valence-corrected chi connectivity index (χ4v) is 3.74. The minimum absolute atomic E-state index is 0.109. The molecule has 0 aliphatic heterocycles. The molecule has 2 rings (SSSR count). The maximum atomic E-state index is 12.0. The van der Waals surface area contributed by atoms with Gasteiger partial charge in [0.2, 0.25) is 0 Å². The number of carboxylic acids is 2. The second-order valence-corrected chi connectivity index (χ2v) is 8.44. The minimum atomic E-state index is -4.23. The van der Waals surface area contributed by atoms with Crippen molar-refractivity contribution in [2.45, 2.75) is 9.79 Å². The van der Waals surface area contributed by atoms with E-state index in [2.05, 4.69) is 8.37 Å². The van der Waals surface area contributed by atoms with Crippen LogP contribution < -0.4 is 0 Å². The summed E-state index contributed by atoms with van der Waals surface area (Å²) < 4.78 is 57.2. The second kappa shape index (κ2) is 8.48. The van der Waals surface area contributed by atoms with Crippen molar-refractivity contribution in [3.05, 3.63) is 59.7 Å². The Morgan fingerprint density at radius 3 is 1.18 bits per heavy atom. The molecule has 28 heavy (non-hydrogen) atoms. The molecular weight excluding hydrogens is 416 g/mol. The largest absolute Gasteiger partial charge is 0.478 e. The lowest BCUT2D eigenvalue weighted by molar-refractivity contribution is 0.0686. The van der Waals surface area contributed by atoms with Gasteiger partial charge in [-0.2, -0.15) is 16.8 Å². The number of benzene rings is 2. The first-order chi connectivity index (χ1) is 13.0. The molecule has 150 valence electrons. The Labute approximate surface area is 160 Å². The summed E-state index contributed by atoms with van der Waals surface area (Å²) in [5.74, 6) is -2.44. The Morgan fingerprint density at radius 1 is 0.643 bits per heavy atom. The van der Waals surface area contributed by atoms with Crippen molar-refractivity contribution in [3.8, 4) is 0 Å². The van der Waals surface area contributed by atoms with Crippen LogP contribution in [0.2, 0.25) is 0 Å². The molecule has 0 aromatic heterocycles. The molecule has 0 bridgehead atoms. The molecule has 0 amide bonds. The molecule has 0 unspecified atom stereocenters. The van der Waals surface area contributed by atoms with E-state index < -0.39 is 45.4 Å². The van der Waals surface area contributed by atoms with Crippen LogP contribution in [-0.2, 0) is 28.6 Å². The molecular formula is C16H14O10S2. The van der Waals surface area contributed by atoms with Crippen molar-refractivity contribution in [2.24, 2.45) is 0 Å². The van der Waals surface area contributed by atoms with Gasteiger partial charge in [0, 0.05) is 0 Å². The van der Waals surface area contributed by atoms with Gasteiger partial charge in [-0.25, -0.2) is 9.59 Å². The highest BCUT2D eigenvalue weighted by atomic mass is 32.2. The minimum Gasteiger partial charge on any atom is -0.478 e. The molecule has 0 heterocycles. The van der Waals surface area contributed by atoms with Crippen molar-refractivity contribution in [1.29, 1.82) is 0 Å². The predicted molar refractivity (Wildman–Crippen MR) is 93.1 cm³/mol. The van der Waals surface area contributed by atoms with Crippen LogP contribution in [0, 0.1) is 0 Å². The van der Waals surface area contributed by atoms with Gasteiger partial charge in [-0.3, -0.25) is 8.37 Å². The zero-order valence-electron chi connectivity index (χ0n) is 14.0. The average Bonchev–Trinajstić information content (AvgIpc) is 2.65. The first kappa shape index (κ1) is 21.5. The first-order valence-electron chi connectivity index (χ1n) is 7.48. The molecule has 0 fully saturated rings. The normalized spacial score (nSPS) is 11.9. The molecule has 0 spiro atoms. The molecule has 2 N–H and O–H groups in total. The van der Waals surface area contributed by atoms with E-state index in [1.54, 1.807) is 0 Å². The monoisotopic (exact) mass is 430 g/mol. The standard InChI is InChI=1S/C16H14O10S2/c17-15(18)11-1-5-13(6-2-11)27(21,22)25-9-10-26-28(23,24)14-7-3-12(4-8-14)16(19)20/h1-8H,9-10H2,(H,17,18)(H,19,20). The van der Waals surface area contributed by atoms with Crippen LogP contribution in [0.25, 0.3) is 0 Å². The zero-order valence-corrected chi connectivity index (χ0v) is 15.6. The lowest BCUT2D eigenvalue weighted by Gasteiger charge is -2.08. The van der Waals surface area contributed by atoms with Crippen LogP contribution >= 0.6 is 0 Å². The summed E-state index contributed by atoms with van der Waals surface area (Å²) >= 11 is 0. The van der Waals surface area contributed by atoms with Crippen LogP contribution in [0.15, 0.2) is 58.3 Å². The van der Waals surface area contributed by atoms with Gasteiger partial charge >= 0.3 is 11.9 Å². The summed E-state index contributed by atoms with van der Waals surface area (Å²) in [6.07, 6.45) is 0. The van der Waals surface area contributed by atoms with Crippen LogP contribution in [0.4, 0.5) is 0 Å². The molecule has 0 saturated carbocycles. The van der Waals surface area contributed by atoms with E-state index in [1.807, 2.05) is 0 Å². The van der Waals surface area contributed by atoms with Gasteiger partial charge in [0.15, 0.2) is 0 Å². The zero-order chi connectivity index (χ0) is 20.9. The van der Waals surface area contributed by atoms with E-state index in [4.69, 9.17) is 10.2 Å². The third-order valence-corrected chi connectivity index (χ3v) is 5.99. The number of carboxylic acid groups (broad SMARTS) is 2. The first-order valence-corrected chi connectivity index (χ1v) is 10.3. The lowest BCUT2D eigenvalue weighted by atomic mass is 10.2.